The first kappa shape index (κ1) is 17.0. The van der Waals surface area contributed by atoms with Crippen LogP contribution < -0.4 is 4.74 Å². The first-order valence-corrected chi connectivity index (χ1v) is 8.49. The van der Waals surface area contributed by atoms with E-state index in [0.29, 0.717) is 28.0 Å². The van der Waals surface area contributed by atoms with Crippen molar-refractivity contribution in [3.8, 4) is 5.75 Å². The van der Waals surface area contributed by atoms with E-state index in [4.69, 9.17) is 27.9 Å². The van der Waals surface area contributed by atoms with E-state index in [1.165, 1.54) is 4.68 Å². The molecule has 3 rings (SSSR count). The van der Waals surface area contributed by atoms with Crippen LogP contribution in [0.1, 0.15) is 15.9 Å². The summed E-state index contributed by atoms with van der Waals surface area (Å²) in [5.41, 5.74) is 1.46. The van der Waals surface area contributed by atoms with Crippen molar-refractivity contribution < 1.29 is 9.53 Å². The molecule has 0 aliphatic carbocycles. The number of rotatable bonds is 4. The van der Waals surface area contributed by atoms with E-state index in [1.807, 2.05) is 12.1 Å². The maximum Gasteiger partial charge on any atom is 0.278 e. The number of benzene rings is 2. The number of aromatic nitrogens is 2. The summed E-state index contributed by atoms with van der Waals surface area (Å²) in [7, 11) is 0. The second kappa shape index (κ2) is 7.38. The molecule has 122 valence electrons. The minimum absolute atomic E-state index is 0.200. The van der Waals surface area contributed by atoms with Gasteiger partial charge in [0, 0.05) is 16.8 Å². The molecule has 0 atom stereocenters. The van der Waals surface area contributed by atoms with Crippen LogP contribution in [0.4, 0.5) is 0 Å². The molecule has 0 bridgehead atoms. The van der Waals surface area contributed by atoms with E-state index in [1.54, 1.807) is 42.7 Å². The maximum atomic E-state index is 12.2. The average molecular weight is 426 g/mol. The summed E-state index contributed by atoms with van der Waals surface area (Å²) in [4.78, 5) is 12.2. The van der Waals surface area contributed by atoms with E-state index in [-0.39, 0.29) is 5.91 Å². The maximum absolute atomic E-state index is 12.2. The van der Waals surface area contributed by atoms with Crippen LogP contribution in [-0.4, -0.2) is 15.7 Å². The summed E-state index contributed by atoms with van der Waals surface area (Å²) in [6, 6.07) is 12.2. The monoisotopic (exact) mass is 424 g/mol. The van der Waals surface area contributed by atoms with Gasteiger partial charge in [-0.3, -0.25) is 4.79 Å². The van der Waals surface area contributed by atoms with Crippen molar-refractivity contribution in [1.29, 1.82) is 0 Å². The summed E-state index contributed by atoms with van der Waals surface area (Å²) in [6.07, 6.45) is 3.18. The molecule has 2 aromatic carbocycles. The predicted molar refractivity (Wildman–Crippen MR) is 96.9 cm³/mol. The number of carbonyl (C=O) groups excluding carboxylic acids is 1. The minimum atomic E-state index is -0.200. The topological polar surface area (TPSA) is 44.1 Å². The molecule has 3 aromatic rings. The molecule has 0 N–H and O–H groups in total. The molecule has 0 aliphatic rings. The second-order valence-corrected chi connectivity index (χ2v) is 6.73. The molecule has 0 saturated carbocycles. The molecule has 4 nitrogen and oxygen atoms in total. The Morgan fingerprint density at radius 1 is 1.17 bits per heavy atom. The Balaban J connectivity index is 1.67. The fraction of sp³-hybridized carbons (Fsp3) is 0.0588. The molecule has 0 unspecified atom stereocenters. The molecule has 0 saturated heterocycles. The third-order valence-electron chi connectivity index (χ3n) is 3.25. The van der Waals surface area contributed by atoms with Gasteiger partial charge in [0.1, 0.15) is 12.4 Å². The predicted octanol–water partition coefficient (Wildman–Crippen LogP) is 5.22. The fourth-order valence-electron chi connectivity index (χ4n) is 2.04. The van der Waals surface area contributed by atoms with Gasteiger partial charge in [-0.05, 0) is 51.8 Å². The standard InChI is InChI=1S/C17H11BrCl2N2O2/c18-13-8-21-22(9-13)17(23)12-3-1-11(2-4-12)10-24-16-6-5-14(19)7-15(16)20/h1-9H,10H2. The van der Waals surface area contributed by atoms with Crippen LogP contribution in [0.5, 0.6) is 5.75 Å². The normalized spacial score (nSPS) is 10.6. The van der Waals surface area contributed by atoms with Crippen molar-refractivity contribution in [3.63, 3.8) is 0 Å². The zero-order valence-corrected chi connectivity index (χ0v) is 15.3. The molecular formula is C17H11BrCl2N2O2. The Labute approximate surface area is 157 Å². The number of hydrogen-bond acceptors (Lipinski definition) is 3. The molecular weight excluding hydrogens is 415 g/mol. The van der Waals surface area contributed by atoms with Crippen LogP contribution >= 0.6 is 39.1 Å². The van der Waals surface area contributed by atoms with E-state index in [0.717, 1.165) is 10.0 Å². The molecule has 0 aliphatic heterocycles. The van der Waals surface area contributed by atoms with Gasteiger partial charge in [0.15, 0.2) is 0 Å². The second-order valence-electron chi connectivity index (χ2n) is 4.97. The van der Waals surface area contributed by atoms with Gasteiger partial charge in [0.25, 0.3) is 5.91 Å². The lowest BCUT2D eigenvalue weighted by Gasteiger charge is -2.09. The molecule has 0 amide bonds. The minimum Gasteiger partial charge on any atom is -0.487 e. The lowest BCUT2D eigenvalue weighted by atomic mass is 10.1. The summed E-state index contributed by atoms with van der Waals surface area (Å²) in [5.74, 6) is 0.358. The highest BCUT2D eigenvalue weighted by molar-refractivity contribution is 9.10. The Morgan fingerprint density at radius 3 is 2.54 bits per heavy atom. The molecule has 0 spiro atoms. The van der Waals surface area contributed by atoms with Crippen molar-refractivity contribution in [1.82, 2.24) is 9.78 Å². The van der Waals surface area contributed by atoms with Crippen LogP contribution in [0.2, 0.25) is 10.0 Å². The summed E-state index contributed by atoms with van der Waals surface area (Å²) >= 11 is 15.2. The van der Waals surface area contributed by atoms with Crippen LogP contribution in [0, 0.1) is 0 Å². The number of hydrogen-bond donors (Lipinski definition) is 0. The highest BCUT2D eigenvalue weighted by atomic mass is 79.9. The van der Waals surface area contributed by atoms with E-state index >= 15 is 0 Å². The zero-order chi connectivity index (χ0) is 17.1. The van der Waals surface area contributed by atoms with Crippen molar-refractivity contribution in [2.75, 3.05) is 0 Å². The number of carbonyl (C=O) groups is 1. The number of ether oxygens (including phenoxy) is 1. The Kier molecular flexibility index (Phi) is 5.23. The van der Waals surface area contributed by atoms with E-state index < -0.39 is 0 Å². The third kappa shape index (κ3) is 3.98. The quantitative estimate of drug-likeness (QED) is 0.575. The van der Waals surface area contributed by atoms with Gasteiger partial charge in [0.05, 0.1) is 15.7 Å². The van der Waals surface area contributed by atoms with Crippen molar-refractivity contribution in [3.05, 3.63) is 80.5 Å². The Bertz CT molecular complexity index is 879. The highest BCUT2D eigenvalue weighted by Crippen LogP contribution is 2.28. The molecule has 1 heterocycles. The first-order chi connectivity index (χ1) is 11.5. The zero-order valence-electron chi connectivity index (χ0n) is 12.2. The summed E-state index contributed by atoms with van der Waals surface area (Å²) in [5, 5.41) is 4.99. The average Bonchev–Trinajstić information content (AvgIpc) is 3.00. The summed E-state index contributed by atoms with van der Waals surface area (Å²) < 4.78 is 7.70. The molecule has 7 heteroatoms. The fourth-order valence-corrected chi connectivity index (χ4v) is 2.79. The largest absolute Gasteiger partial charge is 0.487 e. The van der Waals surface area contributed by atoms with Crippen LogP contribution in [0.15, 0.2) is 59.3 Å². The van der Waals surface area contributed by atoms with Gasteiger partial charge in [0.2, 0.25) is 0 Å². The Hall–Kier alpha value is -1.82. The van der Waals surface area contributed by atoms with Crippen LogP contribution in [0.25, 0.3) is 0 Å². The van der Waals surface area contributed by atoms with Gasteiger partial charge in [-0.2, -0.15) is 5.10 Å². The van der Waals surface area contributed by atoms with Crippen molar-refractivity contribution >= 4 is 45.0 Å². The van der Waals surface area contributed by atoms with Crippen LogP contribution in [0.3, 0.4) is 0 Å². The number of halogens is 3. The molecule has 1 aromatic heterocycles. The lowest BCUT2D eigenvalue weighted by Crippen LogP contribution is -2.12. The molecule has 0 radical (unpaired) electrons. The highest BCUT2D eigenvalue weighted by Gasteiger charge is 2.10. The van der Waals surface area contributed by atoms with Gasteiger partial charge >= 0.3 is 0 Å². The van der Waals surface area contributed by atoms with Gasteiger partial charge in [-0.1, -0.05) is 35.3 Å². The van der Waals surface area contributed by atoms with Gasteiger partial charge in [-0.25, -0.2) is 4.68 Å². The van der Waals surface area contributed by atoms with E-state index in [9.17, 15) is 4.79 Å². The van der Waals surface area contributed by atoms with E-state index in [2.05, 4.69) is 21.0 Å². The smallest absolute Gasteiger partial charge is 0.278 e. The summed E-state index contributed by atoms with van der Waals surface area (Å²) in [6.45, 7) is 0.336. The van der Waals surface area contributed by atoms with Crippen LogP contribution in [-0.2, 0) is 6.61 Å². The first-order valence-electron chi connectivity index (χ1n) is 6.94. The molecule has 0 fully saturated rings. The molecule has 24 heavy (non-hydrogen) atoms. The van der Waals surface area contributed by atoms with Crippen molar-refractivity contribution in [2.24, 2.45) is 0 Å². The number of nitrogens with zero attached hydrogens (tertiary/aromatic N) is 2. The van der Waals surface area contributed by atoms with Gasteiger partial charge < -0.3 is 4.74 Å². The van der Waals surface area contributed by atoms with Gasteiger partial charge in [-0.15, -0.1) is 0 Å². The van der Waals surface area contributed by atoms with Crippen molar-refractivity contribution in [2.45, 2.75) is 6.61 Å². The third-order valence-corrected chi connectivity index (χ3v) is 4.19. The SMILES string of the molecule is O=C(c1ccc(COc2ccc(Cl)cc2Cl)cc1)n1cc(Br)cn1. The Morgan fingerprint density at radius 2 is 1.92 bits per heavy atom. The lowest BCUT2D eigenvalue weighted by molar-refractivity contribution is 0.0945.